The van der Waals surface area contributed by atoms with Gasteiger partial charge >= 0.3 is 5.97 Å². The van der Waals surface area contributed by atoms with E-state index >= 15 is 0 Å². The Labute approximate surface area is 142 Å². The first-order valence-corrected chi connectivity index (χ1v) is 9.94. The summed E-state index contributed by atoms with van der Waals surface area (Å²) in [6.45, 7) is 2.59. The van der Waals surface area contributed by atoms with Gasteiger partial charge in [0.25, 0.3) is 0 Å². The number of piperidine rings is 1. The molecule has 0 bridgehead atoms. The summed E-state index contributed by atoms with van der Waals surface area (Å²) in [6, 6.07) is 6.97. The third kappa shape index (κ3) is 4.80. The van der Waals surface area contributed by atoms with Crippen LogP contribution in [0.4, 0.5) is 0 Å². The number of hydrogen-bond acceptors (Lipinski definition) is 4. The molecular formula is C17H23NO5S. The number of aromatic carboxylic acids is 1. The first-order valence-electron chi connectivity index (χ1n) is 8.11. The minimum absolute atomic E-state index is 0.0266. The van der Waals surface area contributed by atoms with Crippen LogP contribution in [0.5, 0.6) is 0 Å². The lowest BCUT2D eigenvalue weighted by molar-refractivity contribution is -0.129. The van der Waals surface area contributed by atoms with Crippen LogP contribution in [0.25, 0.3) is 0 Å². The van der Waals surface area contributed by atoms with Gasteiger partial charge in [-0.15, -0.1) is 0 Å². The highest BCUT2D eigenvalue weighted by Gasteiger charge is 2.26. The number of amides is 1. The van der Waals surface area contributed by atoms with Crippen molar-refractivity contribution in [1.29, 1.82) is 0 Å². The van der Waals surface area contributed by atoms with E-state index in [2.05, 4.69) is 0 Å². The lowest BCUT2D eigenvalue weighted by Crippen LogP contribution is -2.42. The standard InChI is InChI=1S/C17H23NO5S/c1-2-24(22,23)12-16(19)18-9-7-13(8-10-18)11-14-5-3-4-6-15(14)17(20)21/h3-6,13H,2,7-12H2,1H3,(H,20,21). The molecule has 7 heteroatoms. The quantitative estimate of drug-likeness (QED) is 0.839. The molecule has 1 fully saturated rings. The maximum absolute atomic E-state index is 12.1. The van der Waals surface area contributed by atoms with Crippen molar-refractivity contribution in [1.82, 2.24) is 4.90 Å². The van der Waals surface area contributed by atoms with Gasteiger partial charge in [0, 0.05) is 18.8 Å². The summed E-state index contributed by atoms with van der Waals surface area (Å²) in [7, 11) is -3.30. The molecule has 0 spiro atoms. The first-order chi connectivity index (χ1) is 11.3. The Balaban J connectivity index is 1.92. The minimum atomic E-state index is -3.30. The molecule has 1 aliphatic rings. The monoisotopic (exact) mass is 353 g/mol. The van der Waals surface area contributed by atoms with Crippen molar-refractivity contribution in [2.75, 3.05) is 24.6 Å². The van der Waals surface area contributed by atoms with Crippen LogP contribution in [-0.4, -0.2) is 54.9 Å². The van der Waals surface area contributed by atoms with Crippen molar-refractivity contribution in [3.63, 3.8) is 0 Å². The van der Waals surface area contributed by atoms with E-state index in [-0.39, 0.29) is 11.7 Å². The van der Waals surface area contributed by atoms with Crippen LogP contribution in [0, 0.1) is 5.92 Å². The topological polar surface area (TPSA) is 91.8 Å². The van der Waals surface area contributed by atoms with Crippen LogP contribution in [0.15, 0.2) is 24.3 Å². The molecule has 1 saturated heterocycles. The highest BCUT2D eigenvalue weighted by molar-refractivity contribution is 7.92. The third-order valence-electron chi connectivity index (χ3n) is 4.51. The second-order valence-electron chi connectivity index (χ2n) is 6.17. The summed E-state index contributed by atoms with van der Waals surface area (Å²) in [6.07, 6.45) is 2.18. The summed E-state index contributed by atoms with van der Waals surface area (Å²) in [5.41, 5.74) is 1.13. The number of carboxylic acids is 1. The fraction of sp³-hybridized carbons (Fsp3) is 0.529. The lowest BCUT2D eigenvalue weighted by Gasteiger charge is -2.32. The van der Waals surface area contributed by atoms with Crippen LogP contribution in [0.3, 0.4) is 0 Å². The van der Waals surface area contributed by atoms with Gasteiger partial charge in [0.15, 0.2) is 9.84 Å². The number of nitrogens with zero attached hydrogens (tertiary/aromatic N) is 1. The van der Waals surface area contributed by atoms with Crippen molar-refractivity contribution in [2.45, 2.75) is 26.2 Å². The van der Waals surface area contributed by atoms with Crippen LogP contribution < -0.4 is 0 Å². The summed E-state index contributed by atoms with van der Waals surface area (Å²) in [5, 5.41) is 9.23. The van der Waals surface area contributed by atoms with E-state index in [1.807, 2.05) is 12.1 Å². The average Bonchev–Trinajstić information content (AvgIpc) is 2.55. The molecule has 0 atom stereocenters. The van der Waals surface area contributed by atoms with Gasteiger partial charge in [-0.3, -0.25) is 4.79 Å². The van der Waals surface area contributed by atoms with E-state index in [1.165, 1.54) is 6.92 Å². The Bertz CT molecular complexity index is 705. The second-order valence-corrected chi connectivity index (χ2v) is 8.52. The normalized spacial score (nSPS) is 16.1. The predicted octanol–water partition coefficient (Wildman–Crippen LogP) is 1.60. The molecule has 0 saturated carbocycles. The number of hydrogen-bond donors (Lipinski definition) is 1. The molecule has 1 aromatic carbocycles. The van der Waals surface area contributed by atoms with Crippen LogP contribution in [0.1, 0.15) is 35.7 Å². The lowest BCUT2D eigenvalue weighted by atomic mass is 9.88. The highest BCUT2D eigenvalue weighted by Crippen LogP contribution is 2.23. The van der Waals surface area contributed by atoms with E-state index in [1.54, 1.807) is 17.0 Å². The van der Waals surface area contributed by atoms with E-state index in [9.17, 15) is 23.1 Å². The fourth-order valence-corrected chi connectivity index (χ4v) is 3.75. The van der Waals surface area contributed by atoms with E-state index < -0.39 is 21.6 Å². The highest BCUT2D eigenvalue weighted by atomic mass is 32.2. The smallest absolute Gasteiger partial charge is 0.335 e. The number of rotatable bonds is 6. The van der Waals surface area contributed by atoms with Crippen molar-refractivity contribution in [2.24, 2.45) is 5.92 Å². The molecule has 1 aromatic rings. The van der Waals surface area contributed by atoms with Gasteiger partial charge in [-0.05, 0) is 36.8 Å². The van der Waals surface area contributed by atoms with Gasteiger partial charge in [-0.1, -0.05) is 25.1 Å². The van der Waals surface area contributed by atoms with Crippen LogP contribution in [-0.2, 0) is 21.1 Å². The van der Waals surface area contributed by atoms with E-state index in [0.717, 1.165) is 18.4 Å². The molecule has 0 aromatic heterocycles. The van der Waals surface area contributed by atoms with Gasteiger partial charge in [-0.25, -0.2) is 13.2 Å². The maximum atomic E-state index is 12.1. The number of carbonyl (C=O) groups excluding carboxylic acids is 1. The Hall–Kier alpha value is -1.89. The molecule has 0 aliphatic carbocycles. The molecule has 2 rings (SSSR count). The molecule has 24 heavy (non-hydrogen) atoms. The summed E-state index contributed by atoms with van der Waals surface area (Å²) < 4.78 is 23.1. The SMILES string of the molecule is CCS(=O)(=O)CC(=O)N1CCC(Cc2ccccc2C(=O)O)CC1. The van der Waals surface area contributed by atoms with Gasteiger partial charge < -0.3 is 10.0 Å². The molecule has 6 nitrogen and oxygen atoms in total. The Kier molecular flexibility index (Phi) is 5.99. The largest absolute Gasteiger partial charge is 0.478 e. The van der Waals surface area contributed by atoms with E-state index in [0.29, 0.717) is 31.0 Å². The van der Waals surface area contributed by atoms with Crippen molar-refractivity contribution in [3.8, 4) is 0 Å². The van der Waals surface area contributed by atoms with Crippen LogP contribution in [0.2, 0.25) is 0 Å². The predicted molar refractivity (Wildman–Crippen MR) is 90.7 cm³/mol. The zero-order chi connectivity index (χ0) is 17.7. The minimum Gasteiger partial charge on any atom is -0.478 e. The number of likely N-dealkylation sites (tertiary alicyclic amines) is 1. The molecule has 1 aliphatic heterocycles. The Morgan fingerprint density at radius 1 is 1.21 bits per heavy atom. The third-order valence-corrected chi connectivity index (χ3v) is 6.07. The molecular weight excluding hydrogens is 330 g/mol. The Morgan fingerprint density at radius 3 is 2.42 bits per heavy atom. The van der Waals surface area contributed by atoms with Gasteiger partial charge in [0.05, 0.1) is 5.56 Å². The number of benzene rings is 1. The zero-order valence-electron chi connectivity index (χ0n) is 13.8. The number of sulfone groups is 1. The number of carbonyl (C=O) groups is 2. The van der Waals surface area contributed by atoms with Gasteiger partial charge in [0.2, 0.25) is 5.91 Å². The van der Waals surface area contributed by atoms with Gasteiger partial charge in [0.1, 0.15) is 5.75 Å². The summed E-state index contributed by atoms with van der Waals surface area (Å²) in [5.74, 6) is -1.40. The second kappa shape index (κ2) is 7.79. The fourth-order valence-electron chi connectivity index (χ4n) is 2.99. The maximum Gasteiger partial charge on any atom is 0.335 e. The van der Waals surface area contributed by atoms with Crippen molar-refractivity contribution >= 4 is 21.7 Å². The van der Waals surface area contributed by atoms with E-state index in [4.69, 9.17) is 0 Å². The average molecular weight is 353 g/mol. The molecule has 0 radical (unpaired) electrons. The number of carboxylic acid groups (broad SMARTS) is 1. The summed E-state index contributed by atoms with van der Waals surface area (Å²) >= 11 is 0. The van der Waals surface area contributed by atoms with Gasteiger partial charge in [-0.2, -0.15) is 0 Å². The molecule has 1 heterocycles. The molecule has 0 unspecified atom stereocenters. The summed E-state index contributed by atoms with van der Waals surface area (Å²) in [4.78, 5) is 24.9. The van der Waals surface area contributed by atoms with Crippen molar-refractivity contribution < 1.29 is 23.1 Å². The van der Waals surface area contributed by atoms with Crippen molar-refractivity contribution in [3.05, 3.63) is 35.4 Å². The molecule has 1 N–H and O–H groups in total. The molecule has 132 valence electrons. The first kappa shape index (κ1) is 18.4. The Morgan fingerprint density at radius 2 is 1.83 bits per heavy atom. The zero-order valence-corrected chi connectivity index (χ0v) is 14.6. The molecule has 1 amide bonds. The van der Waals surface area contributed by atoms with Crippen LogP contribution >= 0.6 is 0 Å².